The molecule has 0 aliphatic heterocycles. The number of nitrogens with zero attached hydrogens (tertiary/aromatic N) is 1. The van der Waals surface area contributed by atoms with Gasteiger partial charge in [-0.3, -0.25) is 0 Å². The Morgan fingerprint density at radius 3 is 2.87 bits per heavy atom. The number of ether oxygens (including phenoxy) is 2. The molecule has 0 aliphatic rings. The molecule has 1 aromatic rings. The zero-order valence-electron chi connectivity index (χ0n) is 8.40. The molecule has 5 heteroatoms. The molecule has 0 spiro atoms. The maximum atomic E-state index is 10.8. The number of nitrogen functional groups attached to an aromatic ring is 1. The Morgan fingerprint density at radius 1 is 1.53 bits per heavy atom. The summed E-state index contributed by atoms with van der Waals surface area (Å²) < 4.78 is 9.32. The van der Waals surface area contributed by atoms with Crippen LogP contribution in [0.3, 0.4) is 0 Å². The summed E-state index contributed by atoms with van der Waals surface area (Å²) in [5, 5.41) is 0. The minimum atomic E-state index is -0.625. The molecule has 0 saturated heterocycles. The summed E-state index contributed by atoms with van der Waals surface area (Å²) in [5.41, 5.74) is 6.42. The second-order valence-electron chi connectivity index (χ2n) is 2.57. The van der Waals surface area contributed by atoms with Gasteiger partial charge >= 0.3 is 5.97 Å². The lowest BCUT2D eigenvalue weighted by Gasteiger charge is -2.01. The van der Waals surface area contributed by atoms with E-state index in [0.717, 1.165) is 0 Å². The largest absolute Gasteiger partial charge is 0.480 e. The number of aromatic nitrogens is 1. The fourth-order valence-electron chi connectivity index (χ4n) is 0.890. The first kappa shape index (κ1) is 10.9. The van der Waals surface area contributed by atoms with E-state index < -0.39 is 5.97 Å². The van der Waals surface area contributed by atoms with Gasteiger partial charge in [-0.05, 0) is 12.0 Å². The molecule has 1 heterocycles. The summed E-state index contributed by atoms with van der Waals surface area (Å²) in [6.45, 7) is 0. The average molecular weight is 206 g/mol. The standard InChI is InChI=1S/C10H10N2O3/c1-14-9(13)4-3-7-5-8(11)6-12-10(7)15-2/h5-6H,11H2,1-2H3. The predicted molar refractivity (Wildman–Crippen MR) is 54.1 cm³/mol. The highest BCUT2D eigenvalue weighted by Crippen LogP contribution is 2.15. The molecular formula is C10H10N2O3. The molecular weight excluding hydrogens is 196 g/mol. The maximum Gasteiger partial charge on any atom is 0.384 e. The number of esters is 1. The van der Waals surface area contributed by atoms with Gasteiger partial charge in [0.15, 0.2) is 0 Å². The van der Waals surface area contributed by atoms with Gasteiger partial charge < -0.3 is 15.2 Å². The molecule has 0 aliphatic carbocycles. The number of carbonyl (C=O) groups is 1. The van der Waals surface area contributed by atoms with E-state index in [1.54, 1.807) is 6.07 Å². The number of rotatable bonds is 1. The summed E-state index contributed by atoms with van der Waals surface area (Å²) in [4.78, 5) is 14.7. The first-order valence-electron chi connectivity index (χ1n) is 4.07. The molecule has 1 aromatic heterocycles. The van der Waals surface area contributed by atoms with Crippen molar-refractivity contribution in [3.63, 3.8) is 0 Å². The third kappa shape index (κ3) is 2.88. The lowest BCUT2D eigenvalue weighted by Crippen LogP contribution is -1.97. The van der Waals surface area contributed by atoms with Crippen LogP contribution in [-0.4, -0.2) is 25.2 Å². The predicted octanol–water partition coefficient (Wildman–Crippen LogP) is 0.197. The summed E-state index contributed by atoms with van der Waals surface area (Å²) in [5.74, 6) is 4.52. The molecule has 0 bridgehead atoms. The van der Waals surface area contributed by atoms with Crippen molar-refractivity contribution in [1.82, 2.24) is 4.98 Å². The summed E-state index contributed by atoms with van der Waals surface area (Å²) in [7, 11) is 2.72. The Bertz CT molecular complexity index is 432. The number of pyridine rings is 1. The molecule has 0 saturated carbocycles. The molecule has 0 aromatic carbocycles. The lowest BCUT2D eigenvalue weighted by atomic mass is 10.2. The molecule has 0 fully saturated rings. The SMILES string of the molecule is COC(=O)C#Cc1cc(N)cnc1OC. The molecule has 5 nitrogen and oxygen atoms in total. The summed E-state index contributed by atoms with van der Waals surface area (Å²) in [6.07, 6.45) is 1.45. The van der Waals surface area contributed by atoms with E-state index in [2.05, 4.69) is 21.6 Å². The molecule has 1 rings (SSSR count). The van der Waals surface area contributed by atoms with E-state index in [1.165, 1.54) is 20.4 Å². The van der Waals surface area contributed by atoms with Gasteiger partial charge in [0.2, 0.25) is 5.88 Å². The van der Waals surface area contributed by atoms with Gasteiger partial charge in [0.1, 0.15) is 0 Å². The minimum absolute atomic E-state index is 0.320. The second-order valence-corrected chi connectivity index (χ2v) is 2.57. The van der Waals surface area contributed by atoms with E-state index in [1.807, 2.05) is 0 Å². The molecule has 0 unspecified atom stereocenters. The molecule has 0 radical (unpaired) electrons. The van der Waals surface area contributed by atoms with Crippen LogP contribution in [0.15, 0.2) is 12.3 Å². The van der Waals surface area contributed by atoms with Crippen LogP contribution in [0.2, 0.25) is 0 Å². The number of carbonyl (C=O) groups excluding carboxylic acids is 1. The fourth-order valence-corrected chi connectivity index (χ4v) is 0.890. The summed E-state index contributed by atoms with van der Waals surface area (Å²) >= 11 is 0. The van der Waals surface area contributed by atoms with E-state index in [4.69, 9.17) is 10.5 Å². The topological polar surface area (TPSA) is 74.4 Å². The molecule has 0 amide bonds. The Balaban J connectivity index is 3.05. The van der Waals surface area contributed by atoms with Crippen LogP contribution in [0.4, 0.5) is 5.69 Å². The van der Waals surface area contributed by atoms with Crippen molar-refractivity contribution in [2.24, 2.45) is 0 Å². The highest BCUT2D eigenvalue weighted by atomic mass is 16.5. The summed E-state index contributed by atoms with van der Waals surface area (Å²) in [6, 6.07) is 1.57. The van der Waals surface area contributed by atoms with Gasteiger partial charge in [-0.1, -0.05) is 0 Å². The Labute approximate surface area is 87.2 Å². The smallest absolute Gasteiger partial charge is 0.384 e. The number of nitrogens with two attached hydrogens (primary N) is 1. The average Bonchev–Trinajstić information content (AvgIpc) is 2.26. The molecule has 0 atom stereocenters. The minimum Gasteiger partial charge on any atom is -0.480 e. The van der Waals surface area contributed by atoms with Gasteiger partial charge in [-0.25, -0.2) is 9.78 Å². The van der Waals surface area contributed by atoms with E-state index in [9.17, 15) is 4.79 Å². The van der Waals surface area contributed by atoms with Crippen LogP contribution in [0.25, 0.3) is 0 Å². The van der Waals surface area contributed by atoms with Gasteiger partial charge in [-0.2, -0.15) is 0 Å². The molecule has 78 valence electrons. The third-order valence-corrected chi connectivity index (χ3v) is 1.55. The Morgan fingerprint density at radius 2 is 2.27 bits per heavy atom. The quantitative estimate of drug-likeness (QED) is 0.524. The van der Waals surface area contributed by atoms with Crippen molar-refractivity contribution in [2.45, 2.75) is 0 Å². The zero-order valence-corrected chi connectivity index (χ0v) is 8.40. The Kier molecular flexibility index (Phi) is 3.52. The van der Waals surface area contributed by atoms with E-state index in [0.29, 0.717) is 17.1 Å². The van der Waals surface area contributed by atoms with E-state index in [-0.39, 0.29) is 0 Å². The van der Waals surface area contributed by atoms with Gasteiger partial charge in [0, 0.05) is 5.92 Å². The van der Waals surface area contributed by atoms with Crippen molar-refractivity contribution < 1.29 is 14.3 Å². The Hall–Kier alpha value is -2.22. The fraction of sp³-hybridized carbons (Fsp3) is 0.200. The van der Waals surface area contributed by atoms with Crippen LogP contribution in [0, 0.1) is 11.8 Å². The first-order valence-corrected chi connectivity index (χ1v) is 4.07. The van der Waals surface area contributed by atoms with Crippen LogP contribution in [0.5, 0.6) is 5.88 Å². The number of methoxy groups -OCH3 is 2. The number of hydrogen-bond donors (Lipinski definition) is 1. The van der Waals surface area contributed by atoms with Crippen molar-refractivity contribution in [3.8, 4) is 17.7 Å². The second kappa shape index (κ2) is 4.86. The first-order chi connectivity index (χ1) is 7.17. The van der Waals surface area contributed by atoms with Gasteiger partial charge in [0.05, 0.1) is 31.7 Å². The third-order valence-electron chi connectivity index (χ3n) is 1.55. The van der Waals surface area contributed by atoms with Crippen LogP contribution < -0.4 is 10.5 Å². The maximum absolute atomic E-state index is 10.8. The van der Waals surface area contributed by atoms with Crippen LogP contribution >= 0.6 is 0 Å². The normalized spacial score (nSPS) is 8.67. The molecule has 15 heavy (non-hydrogen) atoms. The lowest BCUT2D eigenvalue weighted by molar-refractivity contribution is -0.133. The van der Waals surface area contributed by atoms with Crippen LogP contribution in [-0.2, 0) is 9.53 Å². The van der Waals surface area contributed by atoms with Crippen molar-refractivity contribution >= 4 is 11.7 Å². The van der Waals surface area contributed by atoms with Crippen molar-refractivity contribution in [3.05, 3.63) is 17.8 Å². The number of anilines is 1. The van der Waals surface area contributed by atoms with Crippen LogP contribution in [0.1, 0.15) is 5.56 Å². The van der Waals surface area contributed by atoms with Gasteiger partial charge in [-0.15, -0.1) is 0 Å². The van der Waals surface area contributed by atoms with Gasteiger partial charge in [0.25, 0.3) is 0 Å². The highest BCUT2D eigenvalue weighted by molar-refractivity contribution is 5.89. The zero-order chi connectivity index (χ0) is 11.3. The molecule has 2 N–H and O–H groups in total. The van der Waals surface area contributed by atoms with E-state index >= 15 is 0 Å². The highest BCUT2D eigenvalue weighted by Gasteiger charge is 2.02. The van der Waals surface area contributed by atoms with Crippen molar-refractivity contribution in [2.75, 3.05) is 20.0 Å². The monoisotopic (exact) mass is 206 g/mol. The van der Waals surface area contributed by atoms with Crippen molar-refractivity contribution in [1.29, 1.82) is 0 Å². The number of hydrogen-bond acceptors (Lipinski definition) is 5.